The van der Waals surface area contributed by atoms with E-state index < -0.39 is 0 Å². The van der Waals surface area contributed by atoms with Crippen molar-refractivity contribution in [3.05, 3.63) is 83.6 Å². The maximum atomic E-state index is 12.8. The fraction of sp³-hybridized carbons (Fsp3) is 0.136. The van der Waals surface area contributed by atoms with Crippen molar-refractivity contribution in [3.63, 3.8) is 0 Å². The van der Waals surface area contributed by atoms with Crippen molar-refractivity contribution in [1.82, 2.24) is 15.2 Å². The number of hydrogen-bond acceptors (Lipinski definition) is 6. The van der Waals surface area contributed by atoms with E-state index in [1.54, 1.807) is 43.5 Å². The van der Waals surface area contributed by atoms with Gasteiger partial charge in [-0.25, -0.2) is 4.98 Å². The maximum Gasteiger partial charge on any atom is 0.276 e. The van der Waals surface area contributed by atoms with E-state index in [9.17, 15) is 4.79 Å². The first-order valence-electron chi connectivity index (χ1n) is 9.22. The summed E-state index contributed by atoms with van der Waals surface area (Å²) in [6, 6.07) is 15.2. The Hall–Kier alpha value is -3.10. The first kappa shape index (κ1) is 20.2. The molecule has 1 fully saturated rings. The lowest BCUT2D eigenvalue weighted by molar-refractivity contribution is -0.122. The number of nitrogens with one attached hydrogen (secondary N) is 1. The maximum absolute atomic E-state index is 12.8. The van der Waals surface area contributed by atoms with Crippen molar-refractivity contribution >= 4 is 41.1 Å². The van der Waals surface area contributed by atoms with Gasteiger partial charge in [-0.1, -0.05) is 12.1 Å². The predicted octanol–water partition coefficient (Wildman–Crippen LogP) is 4.23. The number of methoxy groups -OCH3 is 1. The zero-order chi connectivity index (χ0) is 20.9. The molecule has 1 N–H and O–H groups in total. The standard InChI is InChI=1S/C22H19N3O3S2/c1-27-19-8-7-15(11-16(19)14-30-20-6-2-3-9-23-20)12-18-21(26)25(22(29)24-18)13-17-5-4-10-28-17/h2-12H,13-14H2,1H3,(H,24,29)/b18-12+. The van der Waals surface area contributed by atoms with E-state index in [0.29, 0.717) is 28.9 Å². The number of furan rings is 1. The summed E-state index contributed by atoms with van der Waals surface area (Å²) in [7, 11) is 1.65. The largest absolute Gasteiger partial charge is 0.496 e. The van der Waals surface area contributed by atoms with E-state index in [4.69, 9.17) is 21.4 Å². The van der Waals surface area contributed by atoms with Gasteiger partial charge < -0.3 is 14.5 Å². The van der Waals surface area contributed by atoms with Crippen LogP contribution in [0.2, 0.25) is 0 Å². The van der Waals surface area contributed by atoms with Crippen LogP contribution in [0.3, 0.4) is 0 Å². The van der Waals surface area contributed by atoms with Gasteiger partial charge in [0.2, 0.25) is 0 Å². The number of carbonyl (C=O) groups excluding carboxylic acids is 1. The monoisotopic (exact) mass is 437 g/mol. The summed E-state index contributed by atoms with van der Waals surface area (Å²) in [6.45, 7) is 0.295. The van der Waals surface area contributed by atoms with E-state index >= 15 is 0 Å². The van der Waals surface area contributed by atoms with Crippen molar-refractivity contribution in [2.45, 2.75) is 17.3 Å². The third-order valence-corrected chi connectivity index (χ3v) is 5.80. The Morgan fingerprint density at radius 1 is 1.27 bits per heavy atom. The van der Waals surface area contributed by atoms with Crippen LogP contribution in [0.15, 0.2) is 76.1 Å². The smallest absolute Gasteiger partial charge is 0.276 e. The Labute approximate surface area is 183 Å². The first-order valence-corrected chi connectivity index (χ1v) is 10.6. The van der Waals surface area contributed by atoms with Gasteiger partial charge in [0.05, 0.1) is 24.9 Å². The van der Waals surface area contributed by atoms with E-state index in [-0.39, 0.29) is 5.91 Å². The number of aromatic nitrogens is 1. The normalized spacial score (nSPS) is 15.0. The highest BCUT2D eigenvalue weighted by molar-refractivity contribution is 7.98. The molecule has 152 valence electrons. The van der Waals surface area contributed by atoms with Crippen LogP contribution < -0.4 is 10.1 Å². The molecule has 0 aliphatic carbocycles. The third-order valence-electron chi connectivity index (χ3n) is 4.49. The summed E-state index contributed by atoms with van der Waals surface area (Å²) in [4.78, 5) is 18.6. The number of thiocarbonyl (C=S) groups is 1. The molecule has 1 amide bonds. The number of carbonyl (C=O) groups is 1. The highest BCUT2D eigenvalue weighted by Gasteiger charge is 2.31. The number of nitrogens with zero attached hydrogens (tertiary/aromatic N) is 2. The second-order valence-corrected chi connectivity index (χ2v) is 7.87. The molecule has 30 heavy (non-hydrogen) atoms. The molecule has 2 aromatic heterocycles. The van der Waals surface area contributed by atoms with Gasteiger partial charge in [-0.05, 0) is 60.3 Å². The van der Waals surface area contributed by atoms with Gasteiger partial charge in [0, 0.05) is 17.5 Å². The second kappa shape index (κ2) is 9.15. The van der Waals surface area contributed by atoms with Crippen LogP contribution in [0.5, 0.6) is 5.75 Å². The van der Waals surface area contributed by atoms with Gasteiger partial charge in [0.1, 0.15) is 17.2 Å². The molecule has 0 atom stereocenters. The Kier molecular flexibility index (Phi) is 6.15. The summed E-state index contributed by atoms with van der Waals surface area (Å²) < 4.78 is 10.8. The van der Waals surface area contributed by atoms with Crippen molar-refractivity contribution in [2.24, 2.45) is 0 Å². The average molecular weight is 438 g/mol. The van der Waals surface area contributed by atoms with Crippen molar-refractivity contribution < 1.29 is 13.9 Å². The Balaban J connectivity index is 1.52. The number of benzene rings is 1. The summed E-state index contributed by atoms with van der Waals surface area (Å²) in [5.74, 6) is 1.98. The summed E-state index contributed by atoms with van der Waals surface area (Å²) in [6.07, 6.45) is 5.14. The molecule has 1 saturated heterocycles. The number of rotatable bonds is 7. The number of hydrogen-bond donors (Lipinski definition) is 1. The Morgan fingerprint density at radius 2 is 2.17 bits per heavy atom. The van der Waals surface area contributed by atoms with Crippen LogP contribution in [0.25, 0.3) is 6.08 Å². The van der Waals surface area contributed by atoms with Gasteiger partial charge in [0.25, 0.3) is 5.91 Å². The first-order chi connectivity index (χ1) is 14.6. The van der Waals surface area contributed by atoms with Gasteiger partial charge in [-0.2, -0.15) is 0 Å². The lowest BCUT2D eigenvalue weighted by Gasteiger charge is -2.11. The molecule has 1 aliphatic heterocycles. The lowest BCUT2D eigenvalue weighted by atomic mass is 10.1. The molecule has 0 bridgehead atoms. The number of amides is 1. The zero-order valence-corrected chi connectivity index (χ0v) is 17.8. The van der Waals surface area contributed by atoms with Crippen LogP contribution in [0.4, 0.5) is 0 Å². The van der Waals surface area contributed by atoms with E-state index in [0.717, 1.165) is 21.9 Å². The van der Waals surface area contributed by atoms with E-state index in [1.165, 1.54) is 4.90 Å². The number of pyridine rings is 1. The van der Waals surface area contributed by atoms with Crippen LogP contribution in [-0.2, 0) is 17.1 Å². The minimum atomic E-state index is -0.184. The van der Waals surface area contributed by atoms with E-state index in [2.05, 4.69) is 10.3 Å². The van der Waals surface area contributed by atoms with Crippen LogP contribution in [0, 0.1) is 0 Å². The number of ether oxygens (including phenoxy) is 1. The molecule has 6 nitrogen and oxygen atoms in total. The van der Waals surface area contributed by atoms with Crippen LogP contribution in [-0.4, -0.2) is 28.0 Å². The molecule has 0 unspecified atom stereocenters. The minimum Gasteiger partial charge on any atom is -0.496 e. The topological polar surface area (TPSA) is 67.6 Å². The molecule has 3 heterocycles. The molecule has 1 aliphatic rings. The van der Waals surface area contributed by atoms with Gasteiger partial charge in [-0.15, -0.1) is 11.8 Å². The molecule has 3 aromatic rings. The lowest BCUT2D eigenvalue weighted by Crippen LogP contribution is -2.29. The van der Waals surface area contributed by atoms with Crippen molar-refractivity contribution in [3.8, 4) is 5.75 Å². The molecule has 0 radical (unpaired) electrons. The zero-order valence-electron chi connectivity index (χ0n) is 16.2. The van der Waals surface area contributed by atoms with Crippen LogP contribution in [0.1, 0.15) is 16.9 Å². The molecule has 4 rings (SSSR count). The molecule has 1 aromatic carbocycles. The molecular weight excluding hydrogens is 418 g/mol. The molecular formula is C22H19N3O3S2. The molecule has 8 heteroatoms. The molecule has 0 saturated carbocycles. The van der Waals surface area contributed by atoms with Gasteiger partial charge in [0.15, 0.2) is 5.11 Å². The Bertz CT molecular complexity index is 1080. The fourth-order valence-corrected chi connectivity index (χ4v) is 4.12. The molecule has 0 spiro atoms. The average Bonchev–Trinajstić information content (AvgIpc) is 3.37. The Morgan fingerprint density at radius 3 is 2.90 bits per heavy atom. The summed E-state index contributed by atoms with van der Waals surface area (Å²) in [5, 5.41) is 4.30. The van der Waals surface area contributed by atoms with Crippen LogP contribution >= 0.6 is 24.0 Å². The van der Waals surface area contributed by atoms with Gasteiger partial charge >= 0.3 is 0 Å². The SMILES string of the molecule is COc1ccc(/C=C2/NC(=S)N(Cc3ccco3)C2=O)cc1CSc1ccccn1. The second-order valence-electron chi connectivity index (χ2n) is 6.49. The summed E-state index contributed by atoms with van der Waals surface area (Å²) >= 11 is 6.95. The highest BCUT2D eigenvalue weighted by Crippen LogP contribution is 2.29. The highest BCUT2D eigenvalue weighted by atomic mass is 32.2. The van der Waals surface area contributed by atoms with Crippen molar-refractivity contribution in [2.75, 3.05) is 7.11 Å². The predicted molar refractivity (Wildman–Crippen MR) is 120 cm³/mol. The minimum absolute atomic E-state index is 0.184. The quantitative estimate of drug-likeness (QED) is 0.337. The fourth-order valence-electron chi connectivity index (χ4n) is 3.03. The van der Waals surface area contributed by atoms with Gasteiger partial charge in [-0.3, -0.25) is 9.69 Å². The van der Waals surface area contributed by atoms with E-state index in [1.807, 2.05) is 42.5 Å². The van der Waals surface area contributed by atoms with Crippen molar-refractivity contribution in [1.29, 1.82) is 0 Å². The third kappa shape index (κ3) is 4.55. The summed E-state index contributed by atoms with van der Waals surface area (Å²) in [5.41, 5.74) is 2.33. The number of thioether (sulfide) groups is 1.